The maximum Gasteiger partial charge on any atom is 0.147 e. The van der Waals surface area contributed by atoms with Gasteiger partial charge in [-0.2, -0.15) is 0 Å². The van der Waals surface area contributed by atoms with Gasteiger partial charge < -0.3 is 4.42 Å². The molecule has 0 aromatic carbocycles. The van der Waals surface area contributed by atoms with E-state index in [0.29, 0.717) is 6.42 Å². The fourth-order valence-corrected chi connectivity index (χ4v) is 2.50. The Morgan fingerprint density at radius 1 is 1.54 bits per heavy atom. The Kier molecular flexibility index (Phi) is 3.14. The van der Waals surface area contributed by atoms with Crippen molar-refractivity contribution in [3.63, 3.8) is 0 Å². The largest absolute Gasteiger partial charge is 0.469 e. The summed E-state index contributed by atoms with van der Waals surface area (Å²) in [5.74, 6) is 1.17. The van der Waals surface area contributed by atoms with E-state index in [1.165, 1.54) is 6.26 Å². The number of hydrogen-bond acceptors (Lipinski definition) is 3. The molecule has 0 unspecified atom stereocenters. The van der Waals surface area contributed by atoms with Crippen molar-refractivity contribution in [2.45, 2.75) is 13.3 Å². The summed E-state index contributed by atoms with van der Waals surface area (Å²) in [5, 5.41) is 0. The molecular formula is C9H14O3S. The Balaban J connectivity index is 2.47. The molecule has 1 heterocycles. The van der Waals surface area contributed by atoms with Crippen molar-refractivity contribution < 1.29 is 12.8 Å². The molecule has 1 atom stereocenters. The van der Waals surface area contributed by atoms with Crippen LogP contribution >= 0.6 is 0 Å². The van der Waals surface area contributed by atoms with Gasteiger partial charge in [0, 0.05) is 12.7 Å². The molecule has 0 aliphatic rings. The van der Waals surface area contributed by atoms with Crippen LogP contribution in [-0.2, 0) is 16.3 Å². The zero-order chi connectivity index (χ0) is 9.90. The van der Waals surface area contributed by atoms with Gasteiger partial charge in [-0.3, -0.25) is 0 Å². The van der Waals surface area contributed by atoms with E-state index in [1.54, 1.807) is 6.26 Å². The fraction of sp³-hybridized carbons (Fsp3) is 0.556. The van der Waals surface area contributed by atoms with Crippen LogP contribution in [0.3, 0.4) is 0 Å². The minimum Gasteiger partial charge on any atom is -0.469 e. The maximum atomic E-state index is 10.9. The molecule has 0 aliphatic carbocycles. The first-order valence-corrected chi connectivity index (χ1v) is 6.23. The Labute approximate surface area is 78.7 Å². The van der Waals surface area contributed by atoms with E-state index in [0.717, 1.165) is 5.76 Å². The van der Waals surface area contributed by atoms with E-state index in [2.05, 4.69) is 0 Å². The van der Waals surface area contributed by atoms with E-state index >= 15 is 0 Å². The van der Waals surface area contributed by atoms with Crippen molar-refractivity contribution in [2.75, 3.05) is 12.0 Å². The lowest BCUT2D eigenvalue weighted by Gasteiger charge is -2.06. The van der Waals surface area contributed by atoms with Crippen molar-refractivity contribution in [1.29, 1.82) is 0 Å². The van der Waals surface area contributed by atoms with E-state index in [4.69, 9.17) is 4.42 Å². The van der Waals surface area contributed by atoms with Gasteiger partial charge in [0.15, 0.2) is 0 Å². The van der Waals surface area contributed by atoms with Crippen LogP contribution < -0.4 is 0 Å². The third-order valence-corrected chi connectivity index (χ3v) is 2.89. The quantitative estimate of drug-likeness (QED) is 0.743. The van der Waals surface area contributed by atoms with Crippen molar-refractivity contribution in [3.8, 4) is 0 Å². The van der Waals surface area contributed by atoms with Crippen LogP contribution in [0.25, 0.3) is 0 Å². The zero-order valence-electron chi connectivity index (χ0n) is 7.86. The summed E-state index contributed by atoms with van der Waals surface area (Å²) in [4.78, 5) is 0. The Hall–Kier alpha value is -0.770. The lowest BCUT2D eigenvalue weighted by Crippen LogP contribution is -2.13. The molecule has 1 aromatic heterocycles. The zero-order valence-corrected chi connectivity index (χ0v) is 8.67. The highest BCUT2D eigenvalue weighted by atomic mass is 32.2. The first-order valence-electron chi connectivity index (χ1n) is 4.17. The number of rotatable bonds is 4. The van der Waals surface area contributed by atoms with Crippen molar-refractivity contribution in [2.24, 2.45) is 5.92 Å². The van der Waals surface area contributed by atoms with Gasteiger partial charge in [0.2, 0.25) is 0 Å². The summed E-state index contributed by atoms with van der Waals surface area (Å²) in [7, 11) is -2.87. The monoisotopic (exact) mass is 202 g/mol. The lowest BCUT2D eigenvalue weighted by atomic mass is 10.1. The van der Waals surface area contributed by atoms with Gasteiger partial charge >= 0.3 is 0 Å². The molecule has 1 aromatic rings. The van der Waals surface area contributed by atoms with Gasteiger partial charge in [0.05, 0.1) is 12.0 Å². The normalized spacial score (nSPS) is 14.3. The van der Waals surface area contributed by atoms with Crippen LogP contribution in [0, 0.1) is 5.92 Å². The van der Waals surface area contributed by atoms with E-state index in [1.807, 2.05) is 19.1 Å². The lowest BCUT2D eigenvalue weighted by molar-refractivity contribution is 0.471. The average molecular weight is 202 g/mol. The highest BCUT2D eigenvalue weighted by molar-refractivity contribution is 7.90. The molecule has 13 heavy (non-hydrogen) atoms. The van der Waals surface area contributed by atoms with Crippen molar-refractivity contribution >= 4 is 9.84 Å². The van der Waals surface area contributed by atoms with Gasteiger partial charge in [0.25, 0.3) is 0 Å². The molecule has 4 heteroatoms. The Bertz CT molecular complexity index is 337. The summed E-state index contributed by atoms with van der Waals surface area (Å²) in [6, 6.07) is 3.67. The van der Waals surface area contributed by atoms with Crippen LogP contribution in [-0.4, -0.2) is 20.4 Å². The van der Waals surface area contributed by atoms with Crippen molar-refractivity contribution in [1.82, 2.24) is 0 Å². The second kappa shape index (κ2) is 3.96. The SMILES string of the molecule is C[C@@H](Cc1ccco1)CS(C)(=O)=O. The number of sulfone groups is 1. The minimum absolute atomic E-state index is 0.112. The number of furan rings is 1. The summed E-state index contributed by atoms with van der Waals surface area (Å²) >= 11 is 0. The Morgan fingerprint density at radius 3 is 2.69 bits per heavy atom. The maximum absolute atomic E-state index is 10.9. The summed E-state index contributed by atoms with van der Waals surface area (Å²) in [6.45, 7) is 1.91. The molecule has 0 saturated carbocycles. The predicted octanol–water partition coefficient (Wildman–Crippen LogP) is 1.50. The molecule has 0 spiro atoms. The second-order valence-electron chi connectivity index (χ2n) is 3.48. The van der Waals surface area contributed by atoms with Gasteiger partial charge in [-0.05, 0) is 18.1 Å². The molecule has 3 nitrogen and oxygen atoms in total. The molecular weight excluding hydrogens is 188 g/mol. The molecule has 0 bridgehead atoms. The van der Waals surface area contributed by atoms with Crippen LogP contribution in [0.1, 0.15) is 12.7 Å². The number of hydrogen-bond donors (Lipinski definition) is 0. The third kappa shape index (κ3) is 4.12. The molecule has 74 valence electrons. The molecule has 0 fully saturated rings. The van der Waals surface area contributed by atoms with Gasteiger partial charge in [0.1, 0.15) is 15.6 Å². The third-order valence-electron chi connectivity index (χ3n) is 1.72. The molecule has 1 rings (SSSR count). The van der Waals surface area contributed by atoms with Gasteiger partial charge in [-0.25, -0.2) is 8.42 Å². The molecule has 0 radical (unpaired) electrons. The van der Waals surface area contributed by atoms with Gasteiger partial charge in [-0.1, -0.05) is 6.92 Å². The smallest absolute Gasteiger partial charge is 0.147 e. The average Bonchev–Trinajstić information content (AvgIpc) is 2.34. The minimum atomic E-state index is -2.87. The van der Waals surface area contributed by atoms with E-state index < -0.39 is 9.84 Å². The summed E-state index contributed by atoms with van der Waals surface area (Å²) < 4.78 is 27.0. The molecule has 0 aliphatic heterocycles. The highest BCUT2D eigenvalue weighted by Crippen LogP contribution is 2.10. The van der Waals surface area contributed by atoms with Crippen LogP contribution in [0.2, 0.25) is 0 Å². The van der Waals surface area contributed by atoms with E-state index in [-0.39, 0.29) is 11.7 Å². The Morgan fingerprint density at radius 2 is 2.23 bits per heavy atom. The van der Waals surface area contributed by atoms with Crippen LogP contribution in [0.4, 0.5) is 0 Å². The van der Waals surface area contributed by atoms with Gasteiger partial charge in [-0.15, -0.1) is 0 Å². The molecule has 0 amide bonds. The molecule has 0 N–H and O–H groups in total. The fourth-order valence-electron chi connectivity index (χ4n) is 1.35. The summed E-state index contributed by atoms with van der Waals surface area (Å²) in [6.07, 6.45) is 3.54. The first-order chi connectivity index (χ1) is 5.97. The highest BCUT2D eigenvalue weighted by Gasteiger charge is 2.11. The molecule has 0 saturated heterocycles. The van der Waals surface area contributed by atoms with Crippen LogP contribution in [0.15, 0.2) is 22.8 Å². The second-order valence-corrected chi connectivity index (χ2v) is 5.67. The topological polar surface area (TPSA) is 47.3 Å². The summed E-state index contributed by atoms with van der Waals surface area (Å²) in [5.41, 5.74) is 0. The first kappa shape index (κ1) is 10.3. The van der Waals surface area contributed by atoms with Crippen molar-refractivity contribution in [3.05, 3.63) is 24.2 Å². The van der Waals surface area contributed by atoms with E-state index in [9.17, 15) is 8.42 Å². The standard InChI is InChI=1S/C9H14O3S/c1-8(7-13(2,10)11)6-9-4-3-5-12-9/h3-5,8H,6-7H2,1-2H3/t8-/m0/s1. The van der Waals surface area contributed by atoms with Crippen LogP contribution in [0.5, 0.6) is 0 Å². The predicted molar refractivity (Wildman–Crippen MR) is 51.3 cm³/mol.